The number of fused-ring (bicyclic) bond motifs is 1. The Kier molecular flexibility index (Phi) is 3.15. The molecule has 0 saturated heterocycles. The molecule has 0 fully saturated rings. The predicted molar refractivity (Wildman–Crippen MR) is 80.8 cm³/mol. The van der Waals surface area contributed by atoms with Gasteiger partial charge >= 0.3 is 0 Å². The van der Waals surface area contributed by atoms with Gasteiger partial charge in [-0.2, -0.15) is 0 Å². The third kappa shape index (κ3) is 2.29. The van der Waals surface area contributed by atoms with E-state index in [0.29, 0.717) is 0 Å². The summed E-state index contributed by atoms with van der Waals surface area (Å²) in [6, 6.07) is 18.6. The van der Waals surface area contributed by atoms with Gasteiger partial charge < -0.3 is 4.57 Å². The molecule has 0 unspecified atom stereocenters. The second-order valence-corrected chi connectivity index (χ2v) is 4.45. The van der Waals surface area contributed by atoms with Crippen LogP contribution in [0.25, 0.3) is 23.2 Å². The summed E-state index contributed by atoms with van der Waals surface area (Å²) in [6.07, 6.45) is 4.19. The SMILES string of the molecule is CCn1c(C=Cc2ccccc2)nc2ccccc21. The van der Waals surface area contributed by atoms with E-state index in [1.165, 1.54) is 11.1 Å². The number of benzene rings is 2. The molecule has 1 aromatic heterocycles. The highest BCUT2D eigenvalue weighted by Crippen LogP contribution is 2.17. The lowest BCUT2D eigenvalue weighted by Gasteiger charge is -2.01. The molecule has 0 atom stereocenters. The van der Waals surface area contributed by atoms with Gasteiger partial charge in [-0.1, -0.05) is 48.5 Å². The van der Waals surface area contributed by atoms with E-state index in [4.69, 9.17) is 0 Å². The quantitative estimate of drug-likeness (QED) is 0.678. The van der Waals surface area contributed by atoms with Crippen molar-refractivity contribution >= 4 is 23.2 Å². The molecule has 1 heterocycles. The van der Waals surface area contributed by atoms with E-state index in [-0.39, 0.29) is 0 Å². The normalized spacial score (nSPS) is 11.4. The number of hydrogen-bond donors (Lipinski definition) is 0. The predicted octanol–water partition coefficient (Wildman–Crippen LogP) is 4.23. The summed E-state index contributed by atoms with van der Waals surface area (Å²) in [5, 5.41) is 0. The third-order valence-electron chi connectivity index (χ3n) is 3.22. The molecule has 0 aliphatic heterocycles. The molecule has 0 N–H and O–H groups in total. The maximum atomic E-state index is 4.67. The van der Waals surface area contributed by atoms with Crippen LogP contribution in [0.4, 0.5) is 0 Å². The Labute approximate surface area is 113 Å². The molecule has 0 saturated carbocycles. The molecule has 3 rings (SSSR count). The van der Waals surface area contributed by atoms with Gasteiger partial charge in [-0.15, -0.1) is 0 Å². The van der Waals surface area contributed by atoms with Crippen molar-refractivity contribution in [2.24, 2.45) is 0 Å². The summed E-state index contributed by atoms with van der Waals surface area (Å²) in [4.78, 5) is 4.67. The van der Waals surface area contributed by atoms with Crippen molar-refractivity contribution in [3.05, 3.63) is 66.0 Å². The van der Waals surface area contributed by atoms with Gasteiger partial charge in [0.1, 0.15) is 5.82 Å². The van der Waals surface area contributed by atoms with Crippen LogP contribution < -0.4 is 0 Å². The van der Waals surface area contributed by atoms with Gasteiger partial charge in [0.05, 0.1) is 11.0 Å². The van der Waals surface area contributed by atoms with Gasteiger partial charge in [-0.05, 0) is 30.7 Å². The van der Waals surface area contributed by atoms with Crippen molar-refractivity contribution in [3.63, 3.8) is 0 Å². The Morgan fingerprint density at radius 1 is 0.947 bits per heavy atom. The molecular weight excluding hydrogens is 232 g/mol. The lowest BCUT2D eigenvalue weighted by atomic mass is 10.2. The molecule has 0 aliphatic carbocycles. The van der Waals surface area contributed by atoms with Crippen LogP contribution in [0, 0.1) is 0 Å². The van der Waals surface area contributed by atoms with Gasteiger partial charge in [0, 0.05) is 6.54 Å². The zero-order valence-corrected chi connectivity index (χ0v) is 11.0. The summed E-state index contributed by atoms with van der Waals surface area (Å²) in [6.45, 7) is 3.07. The van der Waals surface area contributed by atoms with E-state index in [1.54, 1.807) is 0 Å². The van der Waals surface area contributed by atoms with E-state index in [9.17, 15) is 0 Å². The molecule has 0 aliphatic rings. The molecular formula is C17H16N2. The van der Waals surface area contributed by atoms with E-state index < -0.39 is 0 Å². The number of imidazole rings is 1. The minimum atomic E-state index is 0.926. The minimum absolute atomic E-state index is 0.926. The summed E-state index contributed by atoms with van der Waals surface area (Å²) in [5.74, 6) is 1.01. The Bertz CT molecular complexity index is 708. The highest BCUT2D eigenvalue weighted by molar-refractivity contribution is 5.79. The van der Waals surface area contributed by atoms with E-state index in [1.807, 2.05) is 24.3 Å². The summed E-state index contributed by atoms with van der Waals surface area (Å²) < 4.78 is 2.23. The lowest BCUT2D eigenvalue weighted by molar-refractivity contribution is 0.777. The Morgan fingerprint density at radius 2 is 1.68 bits per heavy atom. The van der Waals surface area contributed by atoms with Crippen molar-refractivity contribution < 1.29 is 0 Å². The molecule has 0 amide bonds. The fourth-order valence-corrected chi connectivity index (χ4v) is 2.29. The maximum absolute atomic E-state index is 4.67. The van der Waals surface area contributed by atoms with Crippen molar-refractivity contribution in [2.45, 2.75) is 13.5 Å². The van der Waals surface area contributed by atoms with Crippen molar-refractivity contribution in [1.29, 1.82) is 0 Å². The Balaban J connectivity index is 2.03. The maximum Gasteiger partial charge on any atom is 0.133 e. The monoisotopic (exact) mass is 248 g/mol. The largest absolute Gasteiger partial charge is 0.325 e. The van der Waals surface area contributed by atoms with E-state index >= 15 is 0 Å². The molecule has 0 spiro atoms. The molecule has 2 nitrogen and oxygen atoms in total. The van der Waals surface area contributed by atoms with Crippen LogP contribution in [0.15, 0.2) is 54.6 Å². The van der Waals surface area contributed by atoms with Crippen molar-refractivity contribution in [1.82, 2.24) is 9.55 Å². The first kappa shape index (κ1) is 11.7. The third-order valence-corrected chi connectivity index (χ3v) is 3.22. The zero-order chi connectivity index (χ0) is 13.1. The highest BCUT2D eigenvalue weighted by atomic mass is 15.1. The second-order valence-electron chi connectivity index (χ2n) is 4.45. The first-order valence-electron chi connectivity index (χ1n) is 6.57. The fourth-order valence-electron chi connectivity index (χ4n) is 2.29. The van der Waals surface area contributed by atoms with Crippen molar-refractivity contribution in [2.75, 3.05) is 0 Å². The van der Waals surface area contributed by atoms with Gasteiger partial charge in [0.15, 0.2) is 0 Å². The van der Waals surface area contributed by atoms with Crippen LogP contribution in [-0.4, -0.2) is 9.55 Å². The molecule has 0 bridgehead atoms. The lowest BCUT2D eigenvalue weighted by Crippen LogP contribution is -1.96. The van der Waals surface area contributed by atoms with Crippen LogP contribution in [0.3, 0.4) is 0 Å². The number of nitrogens with zero attached hydrogens (tertiary/aromatic N) is 2. The van der Waals surface area contributed by atoms with Gasteiger partial charge in [-0.25, -0.2) is 4.98 Å². The summed E-state index contributed by atoms with van der Waals surface area (Å²) in [7, 11) is 0. The molecule has 2 heteroatoms. The number of rotatable bonds is 3. The fraction of sp³-hybridized carbons (Fsp3) is 0.118. The number of para-hydroxylation sites is 2. The average Bonchev–Trinajstić information content (AvgIpc) is 2.83. The Hall–Kier alpha value is -2.35. The second kappa shape index (κ2) is 5.11. The topological polar surface area (TPSA) is 17.8 Å². The number of aryl methyl sites for hydroxylation is 1. The summed E-state index contributed by atoms with van der Waals surface area (Å²) in [5.41, 5.74) is 3.44. The average molecular weight is 248 g/mol. The van der Waals surface area contributed by atoms with Crippen LogP contribution in [0.5, 0.6) is 0 Å². The zero-order valence-electron chi connectivity index (χ0n) is 11.0. The molecule has 3 aromatic rings. The molecule has 19 heavy (non-hydrogen) atoms. The van der Waals surface area contributed by atoms with Crippen molar-refractivity contribution in [3.8, 4) is 0 Å². The van der Waals surface area contributed by atoms with E-state index in [0.717, 1.165) is 17.9 Å². The smallest absolute Gasteiger partial charge is 0.133 e. The first-order chi connectivity index (χ1) is 9.38. The number of hydrogen-bond acceptors (Lipinski definition) is 1. The van der Waals surface area contributed by atoms with Crippen LogP contribution in [0.1, 0.15) is 18.3 Å². The van der Waals surface area contributed by atoms with Gasteiger partial charge in [-0.3, -0.25) is 0 Å². The molecule has 2 aromatic carbocycles. The van der Waals surface area contributed by atoms with Crippen LogP contribution >= 0.6 is 0 Å². The van der Waals surface area contributed by atoms with Gasteiger partial charge in [0.2, 0.25) is 0 Å². The van der Waals surface area contributed by atoms with Gasteiger partial charge in [0.25, 0.3) is 0 Å². The van der Waals surface area contributed by atoms with Crippen LogP contribution in [0.2, 0.25) is 0 Å². The summed E-state index contributed by atoms with van der Waals surface area (Å²) >= 11 is 0. The van der Waals surface area contributed by atoms with E-state index in [2.05, 4.69) is 59.0 Å². The molecule has 94 valence electrons. The minimum Gasteiger partial charge on any atom is -0.325 e. The number of aromatic nitrogens is 2. The molecule has 0 radical (unpaired) electrons. The Morgan fingerprint density at radius 3 is 2.47 bits per heavy atom. The standard InChI is InChI=1S/C17H16N2/c1-2-19-16-11-7-6-10-15(16)18-17(19)13-12-14-8-4-3-5-9-14/h3-13H,2H2,1H3. The first-order valence-corrected chi connectivity index (χ1v) is 6.57. The highest BCUT2D eigenvalue weighted by Gasteiger charge is 2.05. The van der Waals surface area contributed by atoms with Crippen LogP contribution in [-0.2, 0) is 6.54 Å².